The fraction of sp³-hybridized carbons (Fsp3) is 0.381. The molecule has 0 aliphatic heterocycles. The number of anilines is 1. The molecule has 0 saturated heterocycles. The summed E-state index contributed by atoms with van der Waals surface area (Å²) < 4.78 is 31.5. The van der Waals surface area contributed by atoms with Crippen LogP contribution >= 0.6 is 11.6 Å². The van der Waals surface area contributed by atoms with Gasteiger partial charge in [0, 0.05) is 31.4 Å². The van der Waals surface area contributed by atoms with Crippen molar-refractivity contribution in [2.45, 2.75) is 24.8 Å². The smallest absolute Gasteiger partial charge is 0.242 e. The molecular formula is C21H28ClN3O4S. The molecule has 0 aromatic heterocycles. The van der Waals surface area contributed by atoms with Crippen molar-refractivity contribution in [3.8, 4) is 5.75 Å². The lowest BCUT2D eigenvalue weighted by molar-refractivity contribution is -0.120. The van der Waals surface area contributed by atoms with Crippen LogP contribution in [0.25, 0.3) is 0 Å². The van der Waals surface area contributed by atoms with E-state index in [1.54, 1.807) is 37.3 Å². The molecule has 1 N–H and O–H groups in total. The molecule has 0 fully saturated rings. The topological polar surface area (TPSA) is 79.0 Å². The van der Waals surface area contributed by atoms with Crippen LogP contribution in [0.4, 0.5) is 5.69 Å². The molecule has 0 heterocycles. The number of nitrogens with one attached hydrogen (secondary N) is 1. The Labute approximate surface area is 183 Å². The molecule has 30 heavy (non-hydrogen) atoms. The zero-order valence-electron chi connectivity index (χ0n) is 17.8. The van der Waals surface area contributed by atoms with Crippen LogP contribution in [0.1, 0.15) is 12.5 Å². The number of benzene rings is 2. The van der Waals surface area contributed by atoms with E-state index in [0.29, 0.717) is 29.6 Å². The Balaban J connectivity index is 1.98. The Morgan fingerprint density at radius 3 is 2.37 bits per heavy atom. The number of hydrogen-bond donors (Lipinski definition) is 1. The summed E-state index contributed by atoms with van der Waals surface area (Å²) in [6, 6.07) is 11.3. The molecule has 9 heteroatoms. The molecule has 0 spiro atoms. The molecular weight excluding hydrogens is 426 g/mol. The van der Waals surface area contributed by atoms with Crippen LogP contribution in [0.3, 0.4) is 0 Å². The van der Waals surface area contributed by atoms with Crippen molar-refractivity contribution in [2.24, 2.45) is 0 Å². The second-order valence-electron chi connectivity index (χ2n) is 7.21. The van der Waals surface area contributed by atoms with Gasteiger partial charge >= 0.3 is 0 Å². The van der Waals surface area contributed by atoms with Crippen LogP contribution in [0.5, 0.6) is 5.75 Å². The van der Waals surface area contributed by atoms with Gasteiger partial charge in [-0.2, -0.15) is 0 Å². The first-order valence-corrected chi connectivity index (χ1v) is 11.3. The highest BCUT2D eigenvalue weighted by atomic mass is 35.5. The normalized spacial score (nSPS) is 12.8. The Morgan fingerprint density at radius 2 is 1.77 bits per heavy atom. The Bertz CT molecular complexity index is 978. The largest absolute Gasteiger partial charge is 0.492 e. The molecule has 2 aromatic carbocycles. The van der Waals surface area contributed by atoms with E-state index >= 15 is 0 Å². The summed E-state index contributed by atoms with van der Waals surface area (Å²) in [5.74, 6) is 0.478. The summed E-state index contributed by atoms with van der Waals surface area (Å²) in [4.78, 5) is 14.7. The maximum absolute atomic E-state index is 12.7. The zero-order valence-corrected chi connectivity index (χ0v) is 19.4. The average Bonchev–Trinajstić information content (AvgIpc) is 2.70. The van der Waals surface area contributed by atoms with E-state index in [2.05, 4.69) is 5.32 Å². The van der Waals surface area contributed by atoms with Gasteiger partial charge in [0.25, 0.3) is 0 Å². The van der Waals surface area contributed by atoms with Gasteiger partial charge in [0.15, 0.2) is 0 Å². The lowest BCUT2D eigenvalue weighted by Crippen LogP contribution is -2.41. The summed E-state index contributed by atoms with van der Waals surface area (Å²) in [6.45, 7) is 4.54. The maximum atomic E-state index is 12.7. The lowest BCUT2D eigenvalue weighted by Gasteiger charge is -2.24. The van der Waals surface area contributed by atoms with Crippen molar-refractivity contribution in [1.82, 2.24) is 9.21 Å². The fourth-order valence-electron chi connectivity index (χ4n) is 2.58. The number of likely N-dealkylation sites (N-methyl/N-ethyl adjacent to an activating group) is 1. The summed E-state index contributed by atoms with van der Waals surface area (Å²) in [7, 11) is 1.18. The van der Waals surface area contributed by atoms with Gasteiger partial charge in [0.1, 0.15) is 12.4 Å². The molecule has 0 aliphatic carbocycles. The van der Waals surface area contributed by atoms with Crippen molar-refractivity contribution in [3.63, 3.8) is 0 Å². The second-order valence-corrected chi connectivity index (χ2v) is 9.80. The first kappa shape index (κ1) is 24.1. The molecule has 1 atom stereocenters. The number of hydrogen-bond acceptors (Lipinski definition) is 5. The summed E-state index contributed by atoms with van der Waals surface area (Å²) in [5.41, 5.74) is 1.25. The third kappa shape index (κ3) is 6.18. The van der Waals surface area contributed by atoms with Gasteiger partial charge in [-0.05, 0) is 62.9 Å². The third-order valence-corrected chi connectivity index (χ3v) is 6.88. The fourth-order valence-corrected chi connectivity index (χ4v) is 3.63. The first-order valence-electron chi connectivity index (χ1n) is 9.45. The van der Waals surface area contributed by atoms with Gasteiger partial charge in [0.05, 0.1) is 10.9 Å². The Hall–Kier alpha value is -2.13. The summed E-state index contributed by atoms with van der Waals surface area (Å²) in [5, 5.41) is 3.48. The minimum absolute atomic E-state index is 0.130. The number of halogens is 1. The zero-order chi connectivity index (χ0) is 22.5. The van der Waals surface area contributed by atoms with E-state index in [1.807, 2.05) is 18.9 Å². The van der Waals surface area contributed by atoms with Crippen LogP contribution in [0, 0.1) is 6.92 Å². The highest BCUT2D eigenvalue weighted by molar-refractivity contribution is 7.89. The van der Waals surface area contributed by atoms with E-state index in [9.17, 15) is 13.2 Å². The number of amides is 1. The monoisotopic (exact) mass is 453 g/mol. The van der Waals surface area contributed by atoms with E-state index < -0.39 is 16.1 Å². The predicted octanol–water partition coefficient (Wildman–Crippen LogP) is 3.24. The minimum atomic E-state index is -3.58. The molecule has 164 valence electrons. The molecule has 0 unspecified atom stereocenters. The highest BCUT2D eigenvalue weighted by Crippen LogP contribution is 2.22. The van der Waals surface area contributed by atoms with Gasteiger partial charge < -0.3 is 10.1 Å². The SMILES string of the molecule is Cc1ccc(S(=O)(=O)N(C)C)cc1NC(=O)[C@@H](C)N(C)CCOc1ccc(Cl)cc1. The van der Waals surface area contributed by atoms with Crippen molar-refractivity contribution < 1.29 is 17.9 Å². The summed E-state index contributed by atoms with van der Waals surface area (Å²) >= 11 is 5.86. The number of rotatable bonds is 9. The van der Waals surface area contributed by atoms with Gasteiger partial charge in [0.2, 0.25) is 15.9 Å². The van der Waals surface area contributed by atoms with Crippen LogP contribution in [0.2, 0.25) is 5.02 Å². The van der Waals surface area contributed by atoms with Crippen molar-refractivity contribution in [3.05, 3.63) is 53.1 Å². The quantitative estimate of drug-likeness (QED) is 0.630. The molecule has 1 amide bonds. The van der Waals surface area contributed by atoms with Gasteiger partial charge in [-0.1, -0.05) is 17.7 Å². The molecule has 7 nitrogen and oxygen atoms in total. The van der Waals surface area contributed by atoms with Gasteiger partial charge in [-0.3, -0.25) is 9.69 Å². The second kappa shape index (κ2) is 10.3. The van der Waals surface area contributed by atoms with Crippen molar-refractivity contribution in [2.75, 3.05) is 39.6 Å². The van der Waals surface area contributed by atoms with Crippen LogP contribution in [-0.2, 0) is 14.8 Å². The Morgan fingerprint density at radius 1 is 1.13 bits per heavy atom. The number of carbonyl (C=O) groups excluding carboxylic acids is 1. The molecule has 0 aliphatic rings. The minimum Gasteiger partial charge on any atom is -0.492 e. The lowest BCUT2D eigenvalue weighted by atomic mass is 10.2. The van der Waals surface area contributed by atoms with Gasteiger partial charge in [-0.25, -0.2) is 12.7 Å². The standard InChI is InChI=1S/C21H28ClN3O4S/c1-15-6-11-19(30(27,28)24(3)4)14-20(15)23-21(26)16(2)25(5)12-13-29-18-9-7-17(22)8-10-18/h6-11,14,16H,12-13H2,1-5H3,(H,23,26)/t16-/m1/s1. The van der Waals surface area contributed by atoms with Gasteiger partial charge in [-0.15, -0.1) is 0 Å². The van der Waals surface area contributed by atoms with Crippen LogP contribution in [0.15, 0.2) is 47.4 Å². The number of aryl methyl sites for hydroxylation is 1. The number of carbonyl (C=O) groups is 1. The number of ether oxygens (including phenoxy) is 1. The van der Waals surface area contributed by atoms with E-state index in [1.165, 1.54) is 26.2 Å². The number of sulfonamides is 1. The number of nitrogens with zero attached hydrogens (tertiary/aromatic N) is 2. The molecule has 2 rings (SSSR count). The maximum Gasteiger partial charge on any atom is 0.242 e. The van der Waals surface area contributed by atoms with E-state index in [0.717, 1.165) is 9.87 Å². The highest BCUT2D eigenvalue weighted by Gasteiger charge is 2.21. The van der Waals surface area contributed by atoms with Crippen molar-refractivity contribution in [1.29, 1.82) is 0 Å². The summed E-state index contributed by atoms with van der Waals surface area (Å²) in [6.07, 6.45) is 0. The molecule has 0 bridgehead atoms. The predicted molar refractivity (Wildman–Crippen MR) is 120 cm³/mol. The Kier molecular flexibility index (Phi) is 8.25. The average molecular weight is 454 g/mol. The van der Waals surface area contributed by atoms with Crippen LogP contribution in [-0.4, -0.2) is 63.9 Å². The van der Waals surface area contributed by atoms with Crippen LogP contribution < -0.4 is 10.1 Å². The third-order valence-electron chi connectivity index (χ3n) is 4.81. The molecule has 0 radical (unpaired) electrons. The molecule has 2 aromatic rings. The first-order chi connectivity index (χ1) is 14.0. The van der Waals surface area contributed by atoms with E-state index in [4.69, 9.17) is 16.3 Å². The van der Waals surface area contributed by atoms with E-state index in [-0.39, 0.29) is 10.8 Å². The van der Waals surface area contributed by atoms with Crippen molar-refractivity contribution >= 4 is 33.2 Å². The molecule has 0 saturated carbocycles.